The van der Waals surface area contributed by atoms with Gasteiger partial charge in [-0.3, -0.25) is 14.2 Å². The molecular weight excluding hydrogens is 434 g/mol. The van der Waals surface area contributed by atoms with Gasteiger partial charge in [0, 0.05) is 31.6 Å². The standard InChI is InChI=1S/C25H23N5O4/c1-30-21-13-17(8-9-22(21)34-25(30)33)16-6-4-15(5-7-16)11-19(14-26)29-24(32)20(27)12-18-3-2-10-28-23(18)31/h2-10,13,19-20H,11-12,27H2,1H3,(H,28,31)(H,29,32)/t19-,20?/m0/s1. The molecule has 9 nitrogen and oxygen atoms in total. The smallest absolute Gasteiger partial charge is 0.408 e. The molecule has 4 N–H and O–H groups in total. The Morgan fingerprint density at radius 1 is 1.15 bits per heavy atom. The Morgan fingerprint density at radius 2 is 1.88 bits per heavy atom. The lowest BCUT2D eigenvalue weighted by molar-refractivity contribution is -0.122. The van der Waals surface area contributed by atoms with Crippen LogP contribution in [-0.2, 0) is 24.7 Å². The van der Waals surface area contributed by atoms with Crippen molar-refractivity contribution in [2.24, 2.45) is 12.8 Å². The van der Waals surface area contributed by atoms with Crippen molar-refractivity contribution in [2.45, 2.75) is 24.9 Å². The SMILES string of the molecule is Cn1c(=O)oc2ccc(-c3ccc(C[C@@H](C#N)NC(=O)C(N)Cc4ccc[nH]c4=O)cc3)cc21. The van der Waals surface area contributed by atoms with Crippen molar-refractivity contribution >= 4 is 17.0 Å². The van der Waals surface area contributed by atoms with E-state index in [2.05, 4.69) is 16.4 Å². The molecule has 9 heteroatoms. The molecule has 0 saturated carbocycles. The van der Waals surface area contributed by atoms with Crippen LogP contribution in [-0.4, -0.2) is 27.5 Å². The highest BCUT2D eigenvalue weighted by atomic mass is 16.4. The number of nitrogens with one attached hydrogen (secondary N) is 2. The molecule has 0 aliphatic rings. The minimum Gasteiger partial charge on any atom is -0.408 e. The molecule has 2 heterocycles. The van der Waals surface area contributed by atoms with Gasteiger partial charge in [0.1, 0.15) is 6.04 Å². The first-order valence-corrected chi connectivity index (χ1v) is 10.7. The number of carbonyl (C=O) groups is 1. The van der Waals surface area contributed by atoms with E-state index in [0.29, 0.717) is 23.1 Å². The summed E-state index contributed by atoms with van der Waals surface area (Å²) < 4.78 is 6.62. The number of H-pyrrole nitrogens is 1. The monoisotopic (exact) mass is 457 g/mol. The number of amides is 1. The second-order valence-electron chi connectivity index (χ2n) is 8.04. The first-order chi connectivity index (χ1) is 16.4. The molecule has 0 radical (unpaired) electrons. The van der Waals surface area contributed by atoms with Crippen LogP contribution in [0, 0.1) is 11.3 Å². The summed E-state index contributed by atoms with van der Waals surface area (Å²) in [6.45, 7) is 0. The summed E-state index contributed by atoms with van der Waals surface area (Å²) >= 11 is 0. The lowest BCUT2D eigenvalue weighted by Gasteiger charge is -2.16. The number of hydrogen-bond donors (Lipinski definition) is 3. The third kappa shape index (κ3) is 4.82. The zero-order valence-electron chi connectivity index (χ0n) is 18.4. The summed E-state index contributed by atoms with van der Waals surface area (Å²) in [6, 6.07) is 16.8. The predicted molar refractivity (Wildman–Crippen MR) is 127 cm³/mol. The Kier molecular flexibility index (Phi) is 6.43. The van der Waals surface area contributed by atoms with Gasteiger partial charge in [0.25, 0.3) is 5.56 Å². The fourth-order valence-corrected chi connectivity index (χ4v) is 3.73. The van der Waals surface area contributed by atoms with Crippen LogP contribution in [0.25, 0.3) is 22.2 Å². The molecule has 34 heavy (non-hydrogen) atoms. The Hall–Kier alpha value is -4.42. The average molecular weight is 457 g/mol. The topological polar surface area (TPSA) is 147 Å². The van der Waals surface area contributed by atoms with Crippen molar-refractivity contribution in [1.82, 2.24) is 14.9 Å². The summed E-state index contributed by atoms with van der Waals surface area (Å²) in [7, 11) is 1.65. The van der Waals surface area contributed by atoms with E-state index in [1.807, 2.05) is 36.4 Å². The number of oxazole rings is 1. The van der Waals surface area contributed by atoms with Crippen LogP contribution < -0.4 is 22.4 Å². The molecule has 0 aliphatic carbocycles. The highest BCUT2D eigenvalue weighted by Gasteiger charge is 2.19. The molecule has 0 spiro atoms. The minimum absolute atomic E-state index is 0.0709. The van der Waals surface area contributed by atoms with E-state index in [9.17, 15) is 19.6 Å². The van der Waals surface area contributed by atoms with Gasteiger partial charge < -0.3 is 20.5 Å². The quantitative estimate of drug-likeness (QED) is 0.384. The van der Waals surface area contributed by atoms with Crippen molar-refractivity contribution in [1.29, 1.82) is 5.26 Å². The molecule has 0 fully saturated rings. The number of nitrogens with zero attached hydrogens (tertiary/aromatic N) is 2. The van der Waals surface area contributed by atoms with Gasteiger partial charge in [-0.2, -0.15) is 5.26 Å². The van der Waals surface area contributed by atoms with Crippen molar-refractivity contribution < 1.29 is 9.21 Å². The second-order valence-corrected chi connectivity index (χ2v) is 8.04. The van der Waals surface area contributed by atoms with E-state index in [0.717, 1.165) is 16.7 Å². The van der Waals surface area contributed by atoms with Crippen LogP contribution in [0.4, 0.5) is 0 Å². The first kappa shape index (κ1) is 22.8. The van der Waals surface area contributed by atoms with Crippen molar-refractivity contribution in [3.63, 3.8) is 0 Å². The summed E-state index contributed by atoms with van der Waals surface area (Å²) in [4.78, 5) is 38.5. The van der Waals surface area contributed by atoms with Gasteiger partial charge in [-0.15, -0.1) is 0 Å². The third-order valence-electron chi connectivity index (χ3n) is 5.67. The largest absolute Gasteiger partial charge is 0.419 e. The third-order valence-corrected chi connectivity index (χ3v) is 5.67. The van der Waals surface area contributed by atoms with Crippen LogP contribution in [0.5, 0.6) is 0 Å². The molecule has 1 amide bonds. The molecular formula is C25H23N5O4. The van der Waals surface area contributed by atoms with Gasteiger partial charge in [-0.25, -0.2) is 4.79 Å². The van der Waals surface area contributed by atoms with Gasteiger partial charge in [-0.05, 0) is 34.9 Å². The number of carbonyl (C=O) groups excluding carboxylic acids is 1. The zero-order chi connectivity index (χ0) is 24.2. The average Bonchev–Trinajstić information content (AvgIpc) is 3.13. The minimum atomic E-state index is -0.949. The maximum absolute atomic E-state index is 12.5. The summed E-state index contributed by atoms with van der Waals surface area (Å²) in [5.41, 5.74) is 10.0. The fourth-order valence-electron chi connectivity index (χ4n) is 3.73. The number of nitriles is 1. The number of rotatable bonds is 7. The summed E-state index contributed by atoms with van der Waals surface area (Å²) in [5, 5.41) is 12.2. The van der Waals surface area contributed by atoms with Crippen molar-refractivity contribution in [3.05, 3.63) is 92.8 Å². The summed E-state index contributed by atoms with van der Waals surface area (Å²) in [6.07, 6.45) is 1.88. The Labute approximate surface area is 194 Å². The van der Waals surface area contributed by atoms with Gasteiger partial charge in [-0.1, -0.05) is 36.4 Å². The maximum Gasteiger partial charge on any atom is 0.419 e. The normalized spacial score (nSPS) is 12.7. The molecule has 172 valence electrons. The van der Waals surface area contributed by atoms with Gasteiger partial charge in [0.15, 0.2) is 5.58 Å². The molecule has 4 rings (SSSR count). The Balaban J connectivity index is 1.41. The number of benzene rings is 2. The Morgan fingerprint density at radius 3 is 2.59 bits per heavy atom. The molecule has 4 aromatic rings. The first-order valence-electron chi connectivity index (χ1n) is 10.7. The molecule has 0 saturated heterocycles. The van der Waals surface area contributed by atoms with E-state index in [1.54, 1.807) is 25.2 Å². The fraction of sp³-hybridized carbons (Fsp3) is 0.200. The number of aryl methyl sites for hydroxylation is 1. The van der Waals surface area contributed by atoms with Crippen LogP contribution in [0.3, 0.4) is 0 Å². The van der Waals surface area contributed by atoms with Crippen LogP contribution in [0.2, 0.25) is 0 Å². The number of hydrogen-bond acceptors (Lipinski definition) is 6. The van der Waals surface area contributed by atoms with E-state index >= 15 is 0 Å². The predicted octanol–water partition coefficient (Wildman–Crippen LogP) is 1.61. The number of aromatic amines is 1. The number of fused-ring (bicyclic) bond motifs is 1. The van der Waals surface area contributed by atoms with E-state index in [4.69, 9.17) is 10.2 Å². The molecule has 0 bridgehead atoms. The molecule has 2 aromatic carbocycles. The molecule has 0 aliphatic heterocycles. The molecule has 2 atom stereocenters. The van der Waals surface area contributed by atoms with Crippen LogP contribution in [0.15, 0.2) is 74.8 Å². The lowest BCUT2D eigenvalue weighted by Crippen LogP contribution is -2.47. The molecule has 2 aromatic heterocycles. The molecule has 1 unspecified atom stereocenters. The highest BCUT2D eigenvalue weighted by molar-refractivity contribution is 5.82. The number of aromatic nitrogens is 2. The lowest BCUT2D eigenvalue weighted by atomic mass is 10.0. The number of nitrogens with two attached hydrogens (primary N) is 1. The van der Waals surface area contributed by atoms with Gasteiger partial charge in [0.05, 0.1) is 17.6 Å². The van der Waals surface area contributed by atoms with Crippen molar-refractivity contribution in [3.8, 4) is 17.2 Å². The van der Waals surface area contributed by atoms with Crippen molar-refractivity contribution in [2.75, 3.05) is 0 Å². The Bertz CT molecular complexity index is 1490. The van der Waals surface area contributed by atoms with E-state index in [1.165, 1.54) is 10.8 Å². The van der Waals surface area contributed by atoms with E-state index in [-0.39, 0.29) is 12.0 Å². The van der Waals surface area contributed by atoms with Gasteiger partial charge in [0.2, 0.25) is 5.91 Å². The second kappa shape index (κ2) is 9.60. The van der Waals surface area contributed by atoms with E-state index < -0.39 is 23.7 Å². The highest BCUT2D eigenvalue weighted by Crippen LogP contribution is 2.24. The number of pyridine rings is 1. The van der Waals surface area contributed by atoms with Crippen LogP contribution in [0.1, 0.15) is 11.1 Å². The van der Waals surface area contributed by atoms with Crippen LogP contribution >= 0.6 is 0 Å². The van der Waals surface area contributed by atoms with Gasteiger partial charge >= 0.3 is 5.76 Å². The summed E-state index contributed by atoms with van der Waals surface area (Å²) in [5.74, 6) is -0.909. The maximum atomic E-state index is 12.5. The zero-order valence-corrected chi connectivity index (χ0v) is 18.4.